The molecule has 0 saturated carbocycles. The van der Waals surface area contributed by atoms with Crippen LogP contribution in [0.15, 0.2) is 23.0 Å². The van der Waals surface area contributed by atoms with E-state index in [9.17, 15) is 0 Å². The molecular formula is C13H15N5O. The Morgan fingerprint density at radius 3 is 3.16 bits per heavy atom. The van der Waals surface area contributed by atoms with Gasteiger partial charge in [-0.1, -0.05) is 5.16 Å². The summed E-state index contributed by atoms with van der Waals surface area (Å²) in [5.41, 5.74) is 1.59. The van der Waals surface area contributed by atoms with E-state index in [0.29, 0.717) is 11.6 Å². The fourth-order valence-electron chi connectivity index (χ4n) is 2.49. The molecule has 1 aliphatic heterocycles. The fraction of sp³-hybridized carbons (Fsp3) is 0.462. The van der Waals surface area contributed by atoms with Crippen LogP contribution in [0.1, 0.15) is 29.5 Å². The van der Waals surface area contributed by atoms with Crippen LogP contribution in [0.25, 0.3) is 0 Å². The zero-order valence-corrected chi connectivity index (χ0v) is 10.8. The van der Waals surface area contributed by atoms with Gasteiger partial charge >= 0.3 is 0 Å². The average Bonchev–Trinajstić information content (AvgIpc) is 3.10. The molecule has 0 N–H and O–H groups in total. The monoisotopic (exact) mass is 257 g/mol. The molecule has 0 amide bonds. The molecule has 0 aromatic carbocycles. The third-order valence-electron chi connectivity index (χ3n) is 3.41. The highest BCUT2D eigenvalue weighted by Gasteiger charge is 2.25. The summed E-state index contributed by atoms with van der Waals surface area (Å²) < 4.78 is 6.97. The van der Waals surface area contributed by atoms with Gasteiger partial charge in [-0.05, 0) is 13.3 Å². The number of nitriles is 1. The second-order valence-corrected chi connectivity index (χ2v) is 4.93. The van der Waals surface area contributed by atoms with Crippen molar-refractivity contribution in [2.24, 2.45) is 0 Å². The van der Waals surface area contributed by atoms with Gasteiger partial charge in [-0.2, -0.15) is 10.4 Å². The Bertz CT molecular complexity index is 609. The Morgan fingerprint density at radius 2 is 2.47 bits per heavy atom. The molecule has 1 fully saturated rings. The second kappa shape index (κ2) is 4.86. The molecular weight excluding hydrogens is 242 g/mol. The molecule has 2 aromatic rings. The van der Waals surface area contributed by atoms with Crippen molar-refractivity contribution < 1.29 is 4.52 Å². The second-order valence-electron chi connectivity index (χ2n) is 4.93. The lowest BCUT2D eigenvalue weighted by Gasteiger charge is -2.14. The normalized spacial score (nSPS) is 19.7. The minimum Gasteiger partial charge on any atom is -0.361 e. The van der Waals surface area contributed by atoms with E-state index in [1.165, 1.54) is 0 Å². The predicted octanol–water partition coefficient (Wildman–Crippen LogP) is 1.50. The van der Waals surface area contributed by atoms with Crippen LogP contribution in [0.5, 0.6) is 0 Å². The van der Waals surface area contributed by atoms with Crippen LogP contribution in [0.3, 0.4) is 0 Å². The van der Waals surface area contributed by atoms with Gasteiger partial charge in [-0.15, -0.1) is 0 Å². The van der Waals surface area contributed by atoms with Crippen molar-refractivity contribution in [1.29, 1.82) is 5.26 Å². The number of aryl methyl sites for hydroxylation is 1. The quantitative estimate of drug-likeness (QED) is 0.833. The minimum atomic E-state index is 0.343. The maximum absolute atomic E-state index is 8.81. The van der Waals surface area contributed by atoms with Crippen LogP contribution in [0.2, 0.25) is 0 Å². The summed E-state index contributed by atoms with van der Waals surface area (Å²) in [7, 11) is 0. The Balaban J connectivity index is 1.62. The Morgan fingerprint density at radius 1 is 1.58 bits per heavy atom. The molecule has 3 rings (SSSR count). The molecule has 6 heteroatoms. The first-order valence-electron chi connectivity index (χ1n) is 6.33. The molecule has 2 aromatic heterocycles. The van der Waals surface area contributed by atoms with Crippen molar-refractivity contribution in [3.63, 3.8) is 0 Å². The standard InChI is InChI=1S/C13H15N5O/c1-10-4-12(16-19-10)8-17-3-2-13(9-17)18-7-11(5-14)6-15-18/h4,6-7,13H,2-3,8-9H2,1H3. The fourth-order valence-corrected chi connectivity index (χ4v) is 2.49. The van der Waals surface area contributed by atoms with E-state index in [4.69, 9.17) is 9.78 Å². The summed E-state index contributed by atoms with van der Waals surface area (Å²) in [4.78, 5) is 2.33. The van der Waals surface area contributed by atoms with E-state index in [2.05, 4.69) is 21.2 Å². The Kier molecular flexibility index (Phi) is 3.05. The topological polar surface area (TPSA) is 70.9 Å². The van der Waals surface area contributed by atoms with Crippen molar-refractivity contribution in [2.75, 3.05) is 13.1 Å². The highest BCUT2D eigenvalue weighted by atomic mass is 16.5. The molecule has 3 heterocycles. The van der Waals surface area contributed by atoms with Crippen molar-refractivity contribution >= 4 is 0 Å². The third-order valence-corrected chi connectivity index (χ3v) is 3.41. The van der Waals surface area contributed by atoms with E-state index < -0.39 is 0 Å². The lowest BCUT2D eigenvalue weighted by atomic mass is 10.3. The lowest BCUT2D eigenvalue weighted by molar-refractivity contribution is 0.297. The maximum Gasteiger partial charge on any atom is 0.133 e. The van der Waals surface area contributed by atoms with E-state index in [1.54, 1.807) is 6.20 Å². The molecule has 1 atom stereocenters. The van der Waals surface area contributed by atoms with E-state index >= 15 is 0 Å². The largest absolute Gasteiger partial charge is 0.361 e. The van der Waals surface area contributed by atoms with Crippen molar-refractivity contribution in [3.8, 4) is 6.07 Å². The van der Waals surface area contributed by atoms with Crippen LogP contribution in [-0.2, 0) is 6.54 Å². The lowest BCUT2D eigenvalue weighted by Crippen LogP contribution is -2.21. The van der Waals surface area contributed by atoms with Crippen LogP contribution in [-0.4, -0.2) is 32.9 Å². The van der Waals surface area contributed by atoms with Crippen molar-refractivity contribution in [1.82, 2.24) is 19.8 Å². The number of aromatic nitrogens is 3. The number of rotatable bonds is 3. The van der Waals surface area contributed by atoms with Gasteiger partial charge in [0.15, 0.2) is 0 Å². The maximum atomic E-state index is 8.81. The van der Waals surface area contributed by atoms with E-state index in [-0.39, 0.29) is 0 Å². The Labute approximate surface area is 111 Å². The Hall–Kier alpha value is -2.13. The molecule has 1 aliphatic rings. The van der Waals surface area contributed by atoms with Gasteiger partial charge in [0.2, 0.25) is 0 Å². The molecule has 0 spiro atoms. The van der Waals surface area contributed by atoms with Crippen LogP contribution in [0.4, 0.5) is 0 Å². The van der Waals surface area contributed by atoms with Gasteiger partial charge < -0.3 is 4.52 Å². The molecule has 0 radical (unpaired) electrons. The molecule has 6 nitrogen and oxygen atoms in total. The summed E-state index contributed by atoms with van der Waals surface area (Å²) in [6.07, 6.45) is 4.47. The van der Waals surface area contributed by atoms with Gasteiger partial charge in [0.1, 0.15) is 11.8 Å². The SMILES string of the molecule is Cc1cc(CN2CCC(n3cc(C#N)cn3)C2)no1. The van der Waals surface area contributed by atoms with Gasteiger partial charge in [-0.3, -0.25) is 9.58 Å². The van der Waals surface area contributed by atoms with E-state index in [0.717, 1.165) is 37.5 Å². The van der Waals surface area contributed by atoms with Crippen molar-refractivity contribution in [3.05, 3.63) is 35.5 Å². The molecule has 0 bridgehead atoms. The average molecular weight is 257 g/mol. The van der Waals surface area contributed by atoms with Gasteiger partial charge in [0, 0.05) is 31.9 Å². The smallest absolute Gasteiger partial charge is 0.133 e. The number of hydrogen-bond donors (Lipinski definition) is 0. The first kappa shape index (κ1) is 11.9. The van der Waals surface area contributed by atoms with Crippen LogP contribution < -0.4 is 0 Å². The highest BCUT2D eigenvalue weighted by molar-refractivity contribution is 5.22. The first-order chi connectivity index (χ1) is 9.24. The molecule has 19 heavy (non-hydrogen) atoms. The molecule has 1 saturated heterocycles. The molecule has 98 valence electrons. The zero-order chi connectivity index (χ0) is 13.2. The summed E-state index contributed by atoms with van der Waals surface area (Å²) in [5, 5.41) is 17.1. The summed E-state index contributed by atoms with van der Waals surface area (Å²) >= 11 is 0. The number of likely N-dealkylation sites (tertiary alicyclic amines) is 1. The number of nitrogens with zero attached hydrogens (tertiary/aromatic N) is 5. The minimum absolute atomic E-state index is 0.343. The predicted molar refractivity (Wildman–Crippen MR) is 67.1 cm³/mol. The highest BCUT2D eigenvalue weighted by Crippen LogP contribution is 2.22. The summed E-state index contributed by atoms with van der Waals surface area (Å²) in [6.45, 7) is 4.65. The molecule has 0 aliphatic carbocycles. The third kappa shape index (κ3) is 2.51. The zero-order valence-electron chi connectivity index (χ0n) is 10.8. The molecule has 1 unspecified atom stereocenters. The van der Waals surface area contributed by atoms with E-state index in [1.807, 2.05) is 23.9 Å². The van der Waals surface area contributed by atoms with Gasteiger partial charge in [0.25, 0.3) is 0 Å². The van der Waals surface area contributed by atoms with Crippen LogP contribution >= 0.6 is 0 Å². The van der Waals surface area contributed by atoms with Crippen molar-refractivity contribution in [2.45, 2.75) is 25.9 Å². The van der Waals surface area contributed by atoms with Gasteiger partial charge in [0.05, 0.1) is 23.5 Å². The summed E-state index contributed by atoms with van der Waals surface area (Å²) in [5.74, 6) is 0.844. The van der Waals surface area contributed by atoms with Crippen LogP contribution in [0, 0.1) is 18.3 Å². The number of hydrogen-bond acceptors (Lipinski definition) is 5. The van der Waals surface area contributed by atoms with Gasteiger partial charge in [-0.25, -0.2) is 0 Å². The summed E-state index contributed by atoms with van der Waals surface area (Å²) in [6, 6.07) is 4.42. The first-order valence-corrected chi connectivity index (χ1v) is 6.33.